The summed E-state index contributed by atoms with van der Waals surface area (Å²) >= 11 is 0. The molecule has 23 heavy (non-hydrogen) atoms. The van der Waals surface area contributed by atoms with Gasteiger partial charge < -0.3 is 14.4 Å². The molecule has 1 aromatic carbocycles. The topological polar surface area (TPSA) is 51.1 Å². The summed E-state index contributed by atoms with van der Waals surface area (Å²) in [4.78, 5) is 18.7. The third-order valence-electron chi connectivity index (χ3n) is 4.03. The van der Waals surface area contributed by atoms with Crippen LogP contribution in [0.25, 0.3) is 0 Å². The summed E-state index contributed by atoms with van der Waals surface area (Å²) in [5.74, 6) is 0.443. The number of aryl methyl sites for hydroxylation is 1. The zero-order chi connectivity index (χ0) is 16.7. The first-order chi connectivity index (χ1) is 11.1. The zero-order valence-electron chi connectivity index (χ0n) is 14.2. The van der Waals surface area contributed by atoms with Crippen LogP contribution in [0.1, 0.15) is 35.7 Å². The second kappa shape index (κ2) is 8.67. The summed E-state index contributed by atoms with van der Waals surface area (Å²) in [5.41, 5.74) is 1.63. The van der Waals surface area contributed by atoms with Crippen LogP contribution in [0, 0.1) is 12.8 Å². The molecule has 0 unspecified atom stereocenters. The highest BCUT2D eigenvalue weighted by Crippen LogP contribution is 2.17. The number of likely N-dealkylation sites (tertiary alicyclic amines) is 1. The number of aliphatic imine (C=N–C) groups is 1. The first-order valence-corrected chi connectivity index (χ1v) is 8.16. The Labute approximate surface area is 138 Å². The molecule has 1 aliphatic rings. The molecule has 1 fully saturated rings. The van der Waals surface area contributed by atoms with Crippen molar-refractivity contribution in [2.75, 3.05) is 33.4 Å². The lowest BCUT2D eigenvalue weighted by Crippen LogP contribution is -2.40. The standard InChI is InChI=1S/C18H26N2O3/c1-14-7-9-20(10-8-14)18(23-12-11-22-3)19-17(21)16-6-4-5-15(2)13-16/h4-6,13-14H,7-12H2,1-3H3. The van der Waals surface area contributed by atoms with E-state index in [4.69, 9.17) is 9.47 Å². The van der Waals surface area contributed by atoms with Gasteiger partial charge in [0.1, 0.15) is 6.61 Å². The lowest BCUT2D eigenvalue weighted by Gasteiger charge is -2.31. The molecule has 5 heteroatoms. The second-order valence-electron chi connectivity index (χ2n) is 6.08. The smallest absolute Gasteiger partial charge is 0.295 e. The van der Waals surface area contributed by atoms with Crippen LogP contribution in [0.4, 0.5) is 0 Å². The van der Waals surface area contributed by atoms with Gasteiger partial charge in [0, 0.05) is 25.8 Å². The molecule has 0 saturated carbocycles. The molecule has 0 atom stereocenters. The Kier molecular flexibility index (Phi) is 6.59. The van der Waals surface area contributed by atoms with Crippen molar-refractivity contribution >= 4 is 11.9 Å². The predicted octanol–water partition coefficient (Wildman–Crippen LogP) is 2.89. The van der Waals surface area contributed by atoms with Crippen LogP contribution in [-0.2, 0) is 9.47 Å². The number of piperidine rings is 1. The van der Waals surface area contributed by atoms with Crippen LogP contribution < -0.4 is 0 Å². The van der Waals surface area contributed by atoms with Gasteiger partial charge in [0.15, 0.2) is 0 Å². The maximum atomic E-state index is 12.4. The van der Waals surface area contributed by atoms with Crippen LogP contribution in [0.15, 0.2) is 29.3 Å². The minimum absolute atomic E-state index is 0.264. The van der Waals surface area contributed by atoms with Crippen LogP contribution in [0.2, 0.25) is 0 Å². The Bertz CT molecular complexity index is 549. The van der Waals surface area contributed by atoms with E-state index >= 15 is 0 Å². The van der Waals surface area contributed by atoms with Crippen molar-refractivity contribution < 1.29 is 14.3 Å². The SMILES string of the molecule is COCCOC(=NC(=O)c1cccc(C)c1)N1CCC(C)CC1. The van der Waals surface area contributed by atoms with Gasteiger partial charge in [0.2, 0.25) is 0 Å². The van der Waals surface area contributed by atoms with E-state index < -0.39 is 0 Å². The Morgan fingerprint density at radius 3 is 2.70 bits per heavy atom. The van der Waals surface area contributed by atoms with E-state index in [0.717, 1.165) is 31.5 Å². The van der Waals surface area contributed by atoms with Gasteiger partial charge in [0.05, 0.1) is 6.61 Å². The normalized spacial score (nSPS) is 16.5. The average Bonchev–Trinajstić information content (AvgIpc) is 2.55. The molecule has 2 rings (SSSR count). The van der Waals surface area contributed by atoms with Gasteiger partial charge in [-0.3, -0.25) is 4.79 Å². The van der Waals surface area contributed by atoms with Gasteiger partial charge in [-0.25, -0.2) is 0 Å². The summed E-state index contributed by atoms with van der Waals surface area (Å²) in [5, 5.41) is 0. The van der Waals surface area contributed by atoms with Gasteiger partial charge in [0.25, 0.3) is 11.9 Å². The van der Waals surface area contributed by atoms with E-state index in [1.807, 2.05) is 25.1 Å². The molecule has 0 spiro atoms. The average molecular weight is 318 g/mol. The van der Waals surface area contributed by atoms with Crippen molar-refractivity contribution in [2.45, 2.75) is 26.7 Å². The first-order valence-electron chi connectivity index (χ1n) is 8.16. The summed E-state index contributed by atoms with van der Waals surface area (Å²) in [6.45, 7) is 6.81. The number of benzene rings is 1. The molecule has 5 nitrogen and oxygen atoms in total. The fourth-order valence-corrected chi connectivity index (χ4v) is 2.54. The van der Waals surface area contributed by atoms with E-state index in [9.17, 15) is 4.79 Å². The quantitative estimate of drug-likeness (QED) is 0.487. The molecule has 1 aliphatic heterocycles. The maximum absolute atomic E-state index is 12.4. The fraction of sp³-hybridized carbons (Fsp3) is 0.556. The van der Waals surface area contributed by atoms with Crippen molar-refractivity contribution in [2.24, 2.45) is 10.9 Å². The molecular formula is C18H26N2O3. The minimum Gasteiger partial charge on any atom is -0.462 e. The number of amidine groups is 1. The summed E-state index contributed by atoms with van der Waals surface area (Å²) in [7, 11) is 1.63. The molecule has 0 N–H and O–H groups in total. The van der Waals surface area contributed by atoms with Crippen molar-refractivity contribution in [3.05, 3.63) is 35.4 Å². The Hall–Kier alpha value is -1.88. The van der Waals surface area contributed by atoms with Gasteiger partial charge in [-0.2, -0.15) is 4.99 Å². The molecule has 126 valence electrons. The fourth-order valence-electron chi connectivity index (χ4n) is 2.54. The lowest BCUT2D eigenvalue weighted by atomic mass is 10.00. The number of methoxy groups -OCH3 is 1. The highest BCUT2D eigenvalue weighted by Gasteiger charge is 2.21. The third-order valence-corrected chi connectivity index (χ3v) is 4.03. The molecule has 0 aromatic heterocycles. The van der Waals surface area contributed by atoms with Crippen molar-refractivity contribution in [1.82, 2.24) is 4.90 Å². The third kappa shape index (κ3) is 5.36. The Morgan fingerprint density at radius 1 is 1.30 bits per heavy atom. The van der Waals surface area contributed by atoms with Gasteiger partial charge in [-0.05, 0) is 37.8 Å². The molecular weight excluding hydrogens is 292 g/mol. The lowest BCUT2D eigenvalue weighted by molar-refractivity contribution is 0.0974. The van der Waals surface area contributed by atoms with Crippen molar-refractivity contribution in [3.8, 4) is 0 Å². The number of carbonyl (C=O) groups excluding carboxylic acids is 1. The molecule has 1 aromatic rings. The van der Waals surface area contributed by atoms with Crippen LogP contribution in [-0.4, -0.2) is 50.2 Å². The zero-order valence-corrected chi connectivity index (χ0v) is 14.2. The van der Waals surface area contributed by atoms with Crippen molar-refractivity contribution in [3.63, 3.8) is 0 Å². The monoisotopic (exact) mass is 318 g/mol. The molecule has 0 radical (unpaired) electrons. The number of hydrogen-bond acceptors (Lipinski definition) is 3. The van der Waals surface area contributed by atoms with Gasteiger partial charge in [-0.15, -0.1) is 0 Å². The molecule has 0 aliphatic carbocycles. The molecule has 1 amide bonds. The number of hydrogen-bond donors (Lipinski definition) is 0. The first kappa shape index (κ1) is 17.5. The number of carbonyl (C=O) groups is 1. The Balaban J connectivity index is 2.12. The minimum atomic E-state index is -0.264. The number of rotatable bonds is 4. The van der Waals surface area contributed by atoms with E-state index in [-0.39, 0.29) is 5.91 Å². The maximum Gasteiger partial charge on any atom is 0.295 e. The summed E-state index contributed by atoms with van der Waals surface area (Å²) in [6, 6.07) is 7.87. The van der Waals surface area contributed by atoms with E-state index in [0.29, 0.717) is 30.7 Å². The van der Waals surface area contributed by atoms with E-state index in [2.05, 4.69) is 16.8 Å². The van der Waals surface area contributed by atoms with Gasteiger partial charge >= 0.3 is 0 Å². The number of ether oxygens (including phenoxy) is 2. The largest absolute Gasteiger partial charge is 0.462 e. The van der Waals surface area contributed by atoms with Crippen molar-refractivity contribution in [1.29, 1.82) is 0 Å². The van der Waals surface area contributed by atoms with E-state index in [1.54, 1.807) is 13.2 Å². The van der Waals surface area contributed by atoms with Crippen LogP contribution >= 0.6 is 0 Å². The highest BCUT2D eigenvalue weighted by molar-refractivity contribution is 6.01. The molecule has 1 saturated heterocycles. The predicted molar refractivity (Wildman–Crippen MR) is 90.7 cm³/mol. The highest BCUT2D eigenvalue weighted by atomic mass is 16.5. The number of nitrogens with zero attached hydrogens (tertiary/aromatic N) is 2. The van der Waals surface area contributed by atoms with Crippen LogP contribution in [0.3, 0.4) is 0 Å². The summed E-state index contributed by atoms with van der Waals surface area (Å²) in [6.07, 6.45) is 2.18. The molecule has 1 heterocycles. The molecule has 0 bridgehead atoms. The van der Waals surface area contributed by atoms with Gasteiger partial charge in [-0.1, -0.05) is 24.6 Å². The van der Waals surface area contributed by atoms with E-state index in [1.165, 1.54) is 0 Å². The summed E-state index contributed by atoms with van der Waals surface area (Å²) < 4.78 is 10.7. The number of amides is 1. The second-order valence-corrected chi connectivity index (χ2v) is 6.08. The Morgan fingerprint density at radius 2 is 2.04 bits per heavy atom. The van der Waals surface area contributed by atoms with Crippen LogP contribution in [0.5, 0.6) is 0 Å².